The molecule has 0 saturated carbocycles. The number of hydrogen-bond acceptors (Lipinski definition) is 6. The van der Waals surface area contributed by atoms with E-state index in [9.17, 15) is 0 Å². The van der Waals surface area contributed by atoms with Crippen LogP contribution in [0.25, 0.3) is 71.6 Å². The minimum absolute atomic E-state index is 0.148. The maximum atomic E-state index is 5.33. The fourth-order valence-electron chi connectivity index (χ4n) is 7.81. The van der Waals surface area contributed by atoms with Gasteiger partial charge in [0, 0.05) is 71.6 Å². The Bertz CT molecular complexity index is 3000. The Morgan fingerprint density at radius 3 is 1.78 bits per heavy atom. The molecule has 2 N–H and O–H groups in total. The highest BCUT2D eigenvalue weighted by Gasteiger charge is 2.27. The molecule has 0 amide bonds. The number of fused-ring (bicyclic) bond motifs is 9. The molecular weight excluding hydrogens is 679 g/mol. The van der Waals surface area contributed by atoms with Gasteiger partial charge in [0.2, 0.25) is 0 Å². The quantitative estimate of drug-likeness (QED) is 0.191. The van der Waals surface area contributed by atoms with Gasteiger partial charge in [-0.25, -0.2) is 4.99 Å². The highest BCUT2D eigenvalue weighted by molar-refractivity contribution is 7.27. The Kier molecular flexibility index (Phi) is 6.67. The van der Waals surface area contributed by atoms with Crippen LogP contribution in [0, 0.1) is 0 Å². The predicted molar refractivity (Wildman–Crippen MR) is 222 cm³/mol. The lowest BCUT2D eigenvalue weighted by Crippen LogP contribution is -2.45. The van der Waals surface area contributed by atoms with Gasteiger partial charge in [-0.15, -0.1) is 34.0 Å². The first-order chi connectivity index (χ1) is 25.3. The summed E-state index contributed by atoms with van der Waals surface area (Å²) in [4.78, 5) is 5.33. The van der Waals surface area contributed by atoms with Gasteiger partial charge in [-0.1, -0.05) is 115 Å². The van der Waals surface area contributed by atoms with Crippen LogP contribution in [0.1, 0.15) is 29.0 Å². The van der Waals surface area contributed by atoms with Gasteiger partial charge >= 0.3 is 0 Å². The Morgan fingerprint density at radius 1 is 0.431 bits per heavy atom. The van der Waals surface area contributed by atoms with Gasteiger partial charge in [0.25, 0.3) is 0 Å². The number of hydrogen-bond donors (Lipinski definition) is 2. The Balaban J connectivity index is 1.07. The number of nitrogens with zero attached hydrogens (tertiary/aromatic N) is 1. The summed E-state index contributed by atoms with van der Waals surface area (Å²) in [5.74, 6) is 0.914. The van der Waals surface area contributed by atoms with Gasteiger partial charge in [0.1, 0.15) is 18.2 Å². The number of benzene rings is 7. The molecule has 7 aromatic carbocycles. The zero-order chi connectivity index (χ0) is 33.5. The average molecular weight is 708 g/mol. The van der Waals surface area contributed by atoms with Crippen molar-refractivity contribution in [2.75, 3.05) is 0 Å². The largest absolute Gasteiger partial charge is 0.350 e. The molecule has 0 aliphatic carbocycles. The normalized spacial score (nSPS) is 16.4. The van der Waals surface area contributed by atoms with Crippen molar-refractivity contribution in [3.05, 3.63) is 168 Å². The zero-order valence-corrected chi connectivity index (χ0v) is 29.7. The second kappa shape index (κ2) is 11.6. The van der Waals surface area contributed by atoms with Crippen LogP contribution in [0.4, 0.5) is 0 Å². The van der Waals surface area contributed by atoms with Crippen molar-refractivity contribution in [2.45, 2.75) is 12.3 Å². The van der Waals surface area contributed by atoms with Crippen LogP contribution in [0.15, 0.2) is 157 Å². The van der Waals surface area contributed by atoms with E-state index < -0.39 is 0 Å². The molecule has 51 heavy (non-hydrogen) atoms. The SMILES string of the molecule is c1ccc(C2N=C(c3cccc4c3sc3ccccc34)NC(c3ccc4sc5cccc(-c6cccc7c6sc6ccccc67)c5c4c3)N2)cc1. The minimum atomic E-state index is -0.201. The molecule has 3 nitrogen and oxygen atoms in total. The molecule has 6 heteroatoms. The van der Waals surface area contributed by atoms with E-state index in [4.69, 9.17) is 4.99 Å². The summed E-state index contributed by atoms with van der Waals surface area (Å²) < 4.78 is 7.83. The smallest absolute Gasteiger partial charge is 0.133 e. The third kappa shape index (κ3) is 4.68. The molecule has 0 saturated heterocycles. The maximum absolute atomic E-state index is 5.33. The summed E-state index contributed by atoms with van der Waals surface area (Å²) in [7, 11) is 0. The lowest BCUT2D eigenvalue weighted by Gasteiger charge is -2.32. The monoisotopic (exact) mass is 707 g/mol. The highest BCUT2D eigenvalue weighted by Crippen LogP contribution is 2.46. The molecule has 0 fully saturated rings. The molecule has 2 atom stereocenters. The molecule has 0 bridgehead atoms. The van der Waals surface area contributed by atoms with Crippen molar-refractivity contribution in [3.63, 3.8) is 0 Å². The fourth-order valence-corrected chi connectivity index (χ4v) is 11.4. The van der Waals surface area contributed by atoms with Crippen LogP contribution in [0.5, 0.6) is 0 Å². The van der Waals surface area contributed by atoms with Crippen LogP contribution in [-0.4, -0.2) is 5.84 Å². The summed E-state index contributed by atoms with van der Waals surface area (Å²) in [6.45, 7) is 0. The zero-order valence-electron chi connectivity index (χ0n) is 27.3. The van der Waals surface area contributed by atoms with E-state index in [0.717, 1.165) is 17.0 Å². The number of thiophene rings is 3. The Hall–Kier alpha value is -5.37. The van der Waals surface area contributed by atoms with Crippen LogP contribution < -0.4 is 10.6 Å². The second-order valence-electron chi connectivity index (χ2n) is 13.1. The topological polar surface area (TPSA) is 36.4 Å². The van der Waals surface area contributed by atoms with Crippen molar-refractivity contribution in [2.24, 2.45) is 4.99 Å². The summed E-state index contributed by atoms with van der Waals surface area (Å²) >= 11 is 5.61. The van der Waals surface area contributed by atoms with Crippen molar-refractivity contribution in [3.8, 4) is 11.1 Å². The number of amidine groups is 1. The molecule has 3 aromatic heterocycles. The molecule has 11 rings (SSSR count). The van der Waals surface area contributed by atoms with Gasteiger partial charge in [0.05, 0.1) is 0 Å². The summed E-state index contributed by atoms with van der Waals surface area (Å²) in [5, 5.41) is 15.6. The molecule has 4 heterocycles. The standard InChI is InChI=1S/C45H29N3S3/c1-2-11-26(12-3-1)43-46-44(48-45(47-43)34-19-9-17-32-29-14-5-7-21-37(29)51-42(32)34)27-23-24-38-35(25-27)40-30(15-10-22-39(40)49-38)33-18-8-16-31-28-13-4-6-20-36(28)50-41(31)33/h1-25,43-44,46H,(H,47,48). The van der Waals surface area contributed by atoms with Gasteiger partial charge < -0.3 is 5.32 Å². The lowest BCUT2D eigenvalue weighted by molar-refractivity contribution is 0.409. The summed E-state index contributed by atoms with van der Waals surface area (Å²) in [6, 6.07) is 55.2. The van der Waals surface area contributed by atoms with E-state index in [2.05, 4.69) is 162 Å². The molecule has 0 spiro atoms. The van der Waals surface area contributed by atoms with Gasteiger partial charge in [-0.05, 0) is 53.1 Å². The number of rotatable bonds is 4. The summed E-state index contributed by atoms with van der Waals surface area (Å²) in [5.41, 5.74) is 6.06. The molecule has 242 valence electrons. The van der Waals surface area contributed by atoms with E-state index in [-0.39, 0.29) is 12.3 Å². The lowest BCUT2D eigenvalue weighted by atomic mass is 9.97. The first kappa shape index (κ1) is 29.4. The second-order valence-corrected chi connectivity index (χ2v) is 16.3. The minimum Gasteiger partial charge on any atom is -0.350 e. The molecule has 10 aromatic rings. The fraction of sp³-hybridized carbons (Fsp3) is 0.0444. The summed E-state index contributed by atoms with van der Waals surface area (Å²) in [6.07, 6.45) is -0.349. The van der Waals surface area contributed by atoms with Gasteiger partial charge in [0.15, 0.2) is 0 Å². The van der Waals surface area contributed by atoms with E-state index in [1.54, 1.807) is 0 Å². The Morgan fingerprint density at radius 2 is 1.02 bits per heavy atom. The molecule has 0 radical (unpaired) electrons. The van der Waals surface area contributed by atoms with E-state index in [1.165, 1.54) is 77.2 Å². The number of nitrogens with one attached hydrogen (secondary N) is 2. The maximum Gasteiger partial charge on any atom is 0.133 e. The van der Waals surface area contributed by atoms with Gasteiger partial charge in [-0.2, -0.15) is 0 Å². The van der Waals surface area contributed by atoms with Crippen LogP contribution in [-0.2, 0) is 0 Å². The third-order valence-electron chi connectivity index (χ3n) is 10.2. The first-order valence-electron chi connectivity index (χ1n) is 17.2. The van der Waals surface area contributed by atoms with E-state index >= 15 is 0 Å². The van der Waals surface area contributed by atoms with Crippen LogP contribution >= 0.6 is 34.0 Å². The van der Waals surface area contributed by atoms with E-state index in [1.807, 2.05) is 34.0 Å². The van der Waals surface area contributed by atoms with Crippen LogP contribution in [0.3, 0.4) is 0 Å². The number of aliphatic imine (C=N–C) groups is 1. The van der Waals surface area contributed by atoms with Crippen molar-refractivity contribution in [1.29, 1.82) is 0 Å². The molecular formula is C45H29N3S3. The van der Waals surface area contributed by atoms with Crippen molar-refractivity contribution >= 4 is 100 Å². The average Bonchev–Trinajstić information content (AvgIpc) is 3.89. The van der Waals surface area contributed by atoms with E-state index in [0.29, 0.717) is 0 Å². The molecule has 2 unspecified atom stereocenters. The predicted octanol–water partition coefficient (Wildman–Crippen LogP) is 12.8. The molecule has 1 aliphatic rings. The highest BCUT2D eigenvalue weighted by atomic mass is 32.1. The third-order valence-corrected chi connectivity index (χ3v) is 13.8. The first-order valence-corrected chi connectivity index (χ1v) is 19.6. The molecule has 1 aliphatic heterocycles. The van der Waals surface area contributed by atoms with Crippen molar-refractivity contribution in [1.82, 2.24) is 10.6 Å². The van der Waals surface area contributed by atoms with Gasteiger partial charge in [-0.3, -0.25) is 5.32 Å². The Labute approximate surface area is 306 Å². The van der Waals surface area contributed by atoms with Crippen molar-refractivity contribution < 1.29 is 0 Å². The van der Waals surface area contributed by atoms with Crippen LogP contribution in [0.2, 0.25) is 0 Å².